The van der Waals surface area contributed by atoms with E-state index in [9.17, 15) is 9.59 Å². The van der Waals surface area contributed by atoms with Crippen molar-refractivity contribution >= 4 is 16.9 Å². The van der Waals surface area contributed by atoms with E-state index >= 15 is 0 Å². The largest absolute Gasteiger partial charge is 0.283 e. The van der Waals surface area contributed by atoms with Gasteiger partial charge in [-0.2, -0.15) is 5.10 Å². The summed E-state index contributed by atoms with van der Waals surface area (Å²) in [5, 5.41) is 4.70. The molecule has 0 fully saturated rings. The molecule has 7 nitrogen and oxygen atoms in total. The van der Waals surface area contributed by atoms with Gasteiger partial charge in [0.25, 0.3) is 5.56 Å². The molecule has 1 aromatic carbocycles. The van der Waals surface area contributed by atoms with Gasteiger partial charge in [0.15, 0.2) is 5.65 Å². The van der Waals surface area contributed by atoms with Crippen LogP contribution in [-0.2, 0) is 4.79 Å². The molecule has 0 unspecified atom stereocenters. The van der Waals surface area contributed by atoms with E-state index in [2.05, 4.69) is 29.4 Å². The number of fused-ring (bicyclic) bond motifs is 1. The Hall–Kier alpha value is -2.96. The topological polar surface area (TPSA) is 81.8 Å². The highest BCUT2D eigenvalue weighted by Gasteiger charge is 2.18. The standard InChI is InChI=1S/C21H27N5O2/c1-5-7-16(8-6-2)20(27)24-25-13-22-19-18(21(25)28)12-23-26(19)17-10-9-14(3)15(4)11-17/h9-13,16H,5-8H2,1-4H3,(H,24,27). The molecule has 0 saturated heterocycles. The molecule has 2 heterocycles. The third-order valence-electron chi connectivity index (χ3n) is 5.10. The summed E-state index contributed by atoms with van der Waals surface area (Å²) >= 11 is 0. The zero-order valence-corrected chi connectivity index (χ0v) is 16.9. The number of aromatic nitrogens is 4. The molecule has 0 saturated carbocycles. The lowest BCUT2D eigenvalue weighted by Crippen LogP contribution is -2.36. The van der Waals surface area contributed by atoms with Gasteiger partial charge >= 0.3 is 0 Å². The van der Waals surface area contributed by atoms with Crippen molar-refractivity contribution in [2.24, 2.45) is 5.92 Å². The van der Waals surface area contributed by atoms with Crippen molar-refractivity contribution in [2.75, 3.05) is 5.43 Å². The lowest BCUT2D eigenvalue weighted by atomic mass is 9.98. The molecule has 28 heavy (non-hydrogen) atoms. The lowest BCUT2D eigenvalue weighted by Gasteiger charge is -2.16. The van der Waals surface area contributed by atoms with E-state index in [0.717, 1.165) is 41.6 Å². The second-order valence-electron chi connectivity index (χ2n) is 7.23. The van der Waals surface area contributed by atoms with Crippen molar-refractivity contribution in [1.82, 2.24) is 19.4 Å². The first kappa shape index (κ1) is 19.8. The van der Waals surface area contributed by atoms with Gasteiger partial charge in [0.2, 0.25) is 5.91 Å². The first-order chi connectivity index (χ1) is 13.5. The molecule has 1 N–H and O–H groups in total. The van der Waals surface area contributed by atoms with E-state index in [-0.39, 0.29) is 17.4 Å². The lowest BCUT2D eigenvalue weighted by molar-refractivity contribution is -0.121. The van der Waals surface area contributed by atoms with Crippen molar-refractivity contribution in [3.63, 3.8) is 0 Å². The van der Waals surface area contributed by atoms with Gasteiger partial charge in [0.1, 0.15) is 11.7 Å². The molecule has 0 spiro atoms. The Kier molecular flexibility index (Phi) is 5.92. The van der Waals surface area contributed by atoms with Gasteiger partial charge in [-0.1, -0.05) is 32.8 Å². The second-order valence-corrected chi connectivity index (χ2v) is 7.23. The molecular formula is C21H27N5O2. The van der Waals surface area contributed by atoms with Gasteiger partial charge < -0.3 is 0 Å². The number of nitrogens with one attached hydrogen (secondary N) is 1. The summed E-state index contributed by atoms with van der Waals surface area (Å²) < 4.78 is 2.81. The minimum atomic E-state index is -0.333. The Morgan fingerprint density at radius 2 is 1.86 bits per heavy atom. The van der Waals surface area contributed by atoms with E-state index in [4.69, 9.17) is 0 Å². The fraction of sp³-hybridized carbons (Fsp3) is 0.429. The molecule has 2 aromatic heterocycles. The van der Waals surface area contributed by atoms with Crippen molar-refractivity contribution in [3.05, 3.63) is 52.2 Å². The molecule has 148 valence electrons. The molecule has 0 aliphatic rings. The number of hydrogen-bond donors (Lipinski definition) is 1. The number of carbonyl (C=O) groups is 1. The average Bonchev–Trinajstić information content (AvgIpc) is 3.11. The maximum absolute atomic E-state index is 12.8. The van der Waals surface area contributed by atoms with Gasteiger partial charge in [0.05, 0.1) is 11.9 Å². The van der Waals surface area contributed by atoms with E-state index < -0.39 is 0 Å². The number of carbonyl (C=O) groups excluding carboxylic acids is 1. The molecule has 0 radical (unpaired) electrons. The van der Waals surface area contributed by atoms with E-state index in [1.165, 1.54) is 18.1 Å². The van der Waals surface area contributed by atoms with E-state index in [1.807, 2.05) is 32.0 Å². The molecule has 7 heteroatoms. The Bertz CT molecular complexity index is 1040. The van der Waals surface area contributed by atoms with Gasteiger partial charge in [-0.25, -0.2) is 14.3 Å². The Balaban J connectivity index is 1.93. The Morgan fingerprint density at radius 1 is 1.14 bits per heavy atom. The number of aryl methyl sites for hydroxylation is 2. The van der Waals surface area contributed by atoms with Crippen molar-refractivity contribution < 1.29 is 4.79 Å². The predicted molar refractivity (Wildman–Crippen MR) is 110 cm³/mol. The summed E-state index contributed by atoms with van der Waals surface area (Å²) in [6.07, 6.45) is 6.30. The monoisotopic (exact) mass is 381 g/mol. The highest BCUT2D eigenvalue weighted by atomic mass is 16.2. The average molecular weight is 381 g/mol. The predicted octanol–water partition coefficient (Wildman–Crippen LogP) is 3.49. The van der Waals surface area contributed by atoms with Crippen LogP contribution < -0.4 is 11.0 Å². The zero-order chi connectivity index (χ0) is 20.3. The summed E-state index contributed by atoms with van der Waals surface area (Å²) in [4.78, 5) is 29.8. The zero-order valence-electron chi connectivity index (χ0n) is 16.9. The van der Waals surface area contributed by atoms with Crippen LogP contribution >= 0.6 is 0 Å². The summed E-state index contributed by atoms with van der Waals surface area (Å²) in [5.41, 5.74) is 6.01. The number of rotatable bonds is 7. The fourth-order valence-corrected chi connectivity index (χ4v) is 3.35. The minimum absolute atomic E-state index is 0.101. The summed E-state index contributed by atoms with van der Waals surface area (Å²) in [5.74, 6) is -0.246. The Morgan fingerprint density at radius 3 is 2.50 bits per heavy atom. The van der Waals surface area contributed by atoms with Crippen LogP contribution in [0, 0.1) is 19.8 Å². The molecule has 3 aromatic rings. The van der Waals surface area contributed by atoms with Crippen LogP contribution in [0.25, 0.3) is 16.7 Å². The van der Waals surface area contributed by atoms with Crippen LogP contribution in [0.2, 0.25) is 0 Å². The number of benzene rings is 1. The van der Waals surface area contributed by atoms with Crippen molar-refractivity contribution in [3.8, 4) is 5.69 Å². The maximum atomic E-state index is 12.8. The third-order valence-corrected chi connectivity index (χ3v) is 5.10. The highest BCUT2D eigenvalue weighted by Crippen LogP contribution is 2.17. The van der Waals surface area contributed by atoms with Gasteiger partial charge in [-0.3, -0.25) is 15.0 Å². The quantitative estimate of drug-likeness (QED) is 0.679. The fourth-order valence-electron chi connectivity index (χ4n) is 3.35. The van der Waals surface area contributed by atoms with Gasteiger partial charge in [0, 0.05) is 5.92 Å². The second kappa shape index (κ2) is 8.37. The Labute approximate surface area is 164 Å². The number of amides is 1. The molecule has 0 bridgehead atoms. The van der Waals surface area contributed by atoms with Crippen LogP contribution in [0.15, 0.2) is 35.5 Å². The molecule has 0 atom stereocenters. The summed E-state index contributed by atoms with van der Waals surface area (Å²) in [7, 11) is 0. The minimum Gasteiger partial charge on any atom is -0.273 e. The number of hydrogen-bond acceptors (Lipinski definition) is 4. The van der Waals surface area contributed by atoms with Gasteiger partial charge in [-0.15, -0.1) is 0 Å². The molecular weight excluding hydrogens is 354 g/mol. The molecule has 1 amide bonds. The third kappa shape index (κ3) is 3.83. The van der Waals surface area contributed by atoms with Crippen molar-refractivity contribution in [1.29, 1.82) is 0 Å². The SMILES string of the molecule is CCCC(CCC)C(=O)Nn1cnc2c(cnn2-c2ccc(C)c(C)c2)c1=O. The summed E-state index contributed by atoms with van der Waals surface area (Å²) in [6, 6.07) is 5.97. The highest BCUT2D eigenvalue weighted by molar-refractivity contribution is 5.86. The first-order valence-electron chi connectivity index (χ1n) is 9.80. The van der Waals surface area contributed by atoms with Crippen LogP contribution in [0.3, 0.4) is 0 Å². The normalized spacial score (nSPS) is 11.3. The number of nitrogens with zero attached hydrogens (tertiary/aromatic N) is 4. The molecule has 0 aliphatic carbocycles. The molecule has 0 aliphatic heterocycles. The van der Waals surface area contributed by atoms with Gasteiger partial charge in [-0.05, 0) is 49.9 Å². The maximum Gasteiger partial charge on any atom is 0.283 e. The first-order valence-corrected chi connectivity index (χ1v) is 9.80. The smallest absolute Gasteiger partial charge is 0.273 e. The van der Waals surface area contributed by atoms with Crippen LogP contribution in [-0.4, -0.2) is 25.3 Å². The van der Waals surface area contributed by atoms with E-state index in [1.54, 1.807) is 4.68 Å². The van der Waals surface area contributed by atoms with Crippen molar-refractivity contribution in [2.45, 2.75) is 53.4 Å². The van der Waals surface area contributed by atoms with Crippen LogP contribution in [0.4, 0.5) is 0 Å². The summed E-state index contributed by atoms with van der Waals surface area (Å²) in [6.45, 7) is 8.18. The van der Waals surface area contributed by atoms with Crippen LogP contribution in [0.1, 0.15) is 50.7 Å². The van der Waals surface area contributed by atoms with Crippen LogP contribution in [0.5, 0.6) is 0 Å². The van der Waals surface area contributed by atoms with E-state index in [0.29, 0.717) is 11.0 Å². The molecule has 3 rings (SSSR count).